The monoisotopic (exact) mass is 361 g/mol. The van der Waals surface area contributed by atoms with Crippen molar-refractivity contribution in [3.8, 4) is 0 Å². The number of hydrogen-bond donors (Lipinski definition) is 1. The number of hydrogen-bond acceptors (Lipinski definition) is 3. The summed E-state index contributed by atoms with van der Waals surface area (Å²) in [5.41, 5.74) is 0.0422. The maximum absolute atomic E-state index is 11.6. The van der Waals surface area contributed by atoms with Crippen molar-refractivity contribution in [1.29, 1.82) is 0 Å². The van der Waals surface area contributed by atoms with E-state index in [9.17, 15) is 9.59 Å². The zero-order chi connectivity index (χ0) is 13.6. The standard InChI is InChI=1S/C13H16INO3/c1-10(16)13(2,9-14)15-12(17)18-8-11-6-4-3-5-7-11/h3-7H,8-9H2,1-2H3,(H,15,17)/t13-/m1/s1. The van der Waals surface area contributed by atoms with Crippen LogP contribution in [0, 0.1) is 0 Å². The lowest BCUT2D eigenvalue weighted by molar-refractivity contribution is -0.121. The average molecular weight is 361 g/mol. The molecule has 0 aliphatic rings. The summed E-state index contributed by atoms with van der Waals surface area (Å²) in [6, 6.07) is 9.39. The Kier molecular flexibility index (Phi) is 5.58. The van der Waals surface area contributed by atoms with Gasteiger partial charge >= 0.3 is 6.09 Å². The highest BCUT2D eigenvalue weighted by Crippen LogP contribution is 2.10. The van der Waals surface area contributed by atoms with E-state index in [2.05, 4.69) is 27.9 Å². The number of ketones is 1. The lowest BCUT2D eigenvalue weighted by Crippen LogP contribution is -2.52. The Labute approximate surface area is 120 Å². The van der Waals surface area contributed by atoms with Gasteiger partial charge in [0.1, 0.15) is 12.1 Å². The van der Waals surface area contributed by atoms with E-state index in [4.69, 9.17) is 4.74 Å². The second-order valence-corrected chi connectivity index (χ2v) is 4.97. The maximum atomic E-state index is 11.6. The van der Waals surface area contributed by atoms with Gasteiger partial charge < -0.3 is 10.1 Å². The molecule has 0 unspecified atom stereocenters. The molecule has 4 nitrogen and oxygen atoms in total. The molecule has 1 aromatic carbocycles. The van der Waals surface area contributed by atoms with E-state index in [1.165, 1.54) is 6.92 Å². The molecule has 18 heavy (non-hydrogen) atoms. The smallest absolute Gasteiger partial charge is 0.408 e. The quantitative estimate of drug-likeness (QED) is 0.648. The van der Waals surface area contributed by atoms with Crippen molar-refractivity contribution in [2.45, 2.75) is 26.0 Å². The molecule has 0 saturated heterocycles. The van der Waals surface area contributed by atoms with Gasteiger partial charge in [-0.15, -0.1) is 0 Å². The summed E-state index contributed by atoms with van der Waals surface area (Å²) in [4.78, 5) is 23.0. The van der Waals surface area contributed by atoms with E-state index in [0.717, 1.165) is 5.56 Å². The van der Waals surface area contributed by atoms with E-state index >= 15 is 0 Å². The minimum Gasteiger partial charge on any atom is -0.445 e. The number of amides is 1. The van der Waals surface area contributed by atoms with Gasteiger partial charge in [0.25, 0.3) is 0 Å². The van der Waals surface area contributed by atoms with Gasteiger partial charge in [0, 0.05) is 4.43 Å². The van der Waals surface area contributed by atoms with Crippen molar-refractivity contribution in [3.05, 3.63) is 35.9 Å². The molecule has 0 fully saturated rings. The Hall–Kier alpha value is -1.11. The zero-order valence-corrected chi connectivity index (χ0v) is 12.6. The molecule has 0 radical (unpaired) electrons. The second kappa shape index (κ2) is 6.72. The molecule has 0 aliphatic heterocycles. The Morgan fingerprint density at radius 2 is 1.94 bits per heavy atom. The molecule has 5 heteroatoms. The fourth-order valence-electron chi connectivity index (χ4n) is 1.20. The molecule has 0 bridgehead atoms. The molecular weight excluding hydrogens is 345 g/mol. The fourth-order valence-corrected chi connectivity index (χ4v) is 1.93. The highest BCUT2D eigenvalue weighted by atomic mass is 127. The third-order valence-electron chi connectivity index (χ3n) is 2.64. The van der Waals surface area contributed by atoms with Crippen molar-refractivity contribution in [2.24, 2.45) is 0 Å². The van der Waals surface area contributed by atoms with E-state index in [0.29, 0.717) is 4.43 Å². The van der Waals surface area contributed by atoms with E-state index in [-0.39, 0.29) is 12.4 Å². The van der Waals surface area contributed by atoms with Gasteiger partial charge in [-0.2, -0.15) is 0 Å². The first kappa shape index (κ1) is 14.9. The normalized spacial score (nSPS) is 13.5. The number of alkyl carbamates (subject to hydrolysis) is 1. The van der Waals surface area contributed by atoms with Gasteiger partial charge in [-0.3, -0.25) is 4.79 Å². The lowest BCUT2D eigenvalue weighted by atomic mass is 10.0. The van der Waals surface area contributed by atoms with E-state index in [1.807, 2.05) is 30.3 Å². The van der Waals surface area contributed by atoms with Crippen LogP contribution in [0.4, 0.5) is 4.79 Å². The van der Waals surface area contributed by atoms with Gasteiger partial charge in [-0.1, -0.05) is 52.9 Å². The molecule has 0 spiro atoms. The van der Waals surface area contributed by atoms with Crippen LogP contribution >= 0.6 is 22.6 Å². The molecule has 1 amide bonds. The molecule has 1 rings (SSSR count). The van der Waals surface area contributed by atoms with Crippen LogP contribution in [-0.4, -0.2) is 21.8 Å². The van der Waals surface area contributed by atoms with Crippen molar-refractivity contribution in [2.75, 3.05) is 4.43 Å². The third-order valence-corrected chi connectivity index (χ3v) is 4.16. The fraction of sp³-hybridized carbons (Fsp3) is 0.385. The van der Waals surface area contributed by atoms with Crippen LogP contribution in [0.2, 0.25) is 0 Å². The summed E-state index contributed by atoms with van der Waals surface area (Å²) in [7, 11) is 0. The Bertz CT molecular complexity index is 422. The van der Waals surface area contributed by atoms with Gasteiger partial charge in [-0.05, 0) is 19.4 Å². The van der Waals surface area contributed by atoms with Crippen LogP contribution in [-0.2, 0) is 16.1 Å². The average Bonchev–Trinajstić information content (AvgIpc) is 2.37. The first-order chi connectivity index (χ1) is 8.48. The number of rotatable bonds is 5. The zero-order valence-electron chi connectivity index (χ0n) is 10.4. The van der Waals surface area contributed by atoms with Crippen molar-refractivity contribution < 1.29 is 14.3 Å². The van der Waals surface area contributed by atoms with Crippen LogP contribution in [0.5, 0.6) is 0 Å². The number of Topliss-reactive ketones (excluding diaryl/α,β-unsaturated/α-hetero) is 1. The Morgan fingerprint density at radius 3 is 2.44 bits per heavy atom. The molecular formula is C13H16INO3. The highest BCUT2D eigenvalue weighted by molar-refractivity contribution is 14.1. The summed E-state index contributed by atoms with van der Waals surface area (Å²) in [5, 5.41) is 2.59. The molecule has 1 aromatic rings. The predicted octanol–water partition coefficient (Wildman–Crippen LogP) is 2.70. The van der Waals surface area contributed by atoms with Crippen molar-refractivity contribution >= 4 is 34.5 Å². The minimum atomic E-state index is -0.867. The SMILES string of the molecule is CC(=O)[C@@](C)(CI)NC(=O)OCc1ccccc1. The van der Waals surface area contributed by atoms with Crippen LogP contribution in [0.1, 0.15) is 19.4 Å². The number of benzene rings is 1. The number of carbonyl (C=O) groups is 2. The van der Waals surface area contributed by atoms with Gasteiger partial charge in [0.2, 0.25) is 0 Å². The van der Waals surface area contributed by atoms with E-state index in [1.54, 1.807) is 6.92 Å². The number of alkyl halides is 1. The number of ether oxygens (including phenoxy) is 1. The summed E-state index contributed by atoms with van der Waals surface area (Å²) >= 11 is 2.06. The molecule has 98 valence electrons. The summed E-state index contributed by atoms with van der Waals surface area (Å²) in [6.07, 6.45) is -0.576. The Morgan fingerprint density at radius 1 is 1.33 bits per heavy atom. The number of carbonyl (C=O) groups excluding carboxylic acids is 2. The highest BCUT2D eigenvalue weighted by Gasteiger charge is 2.30. The topological polar surface area (TPSA) is 55.4 Å². The van der Waals surface area contributed by atoms with Crippen LogP contribution in [0.25, 0.3) is 0 Å². The van der Waals surface area contributed by atoms with Crippen molar-refractivity contribution in [3.63, 3.8) is 0 Å². The largest absolute Gasteiger partial charge is 0.445 e. The minimum absolute atomic E-state index is 0.0893. The summed E-state index contributed by atoms with van der Waals surface area (Å²) in [5.74, 6) is -0.0893. The third kappa shape index (κ3) is 4.29. The summed E-state index contributed by atoms with van der Waals surface area (Å²) < 4.78 is 5.57. The number of nitrogens with one attached hydrogen (secondary N) is 1. The molecule has 0 heterocycles. The molecule has 0 aliphatic carbocycles. The maximum Gasteiger partial charge on any atom is 0.408 e. The van der Waals surface area contributed by atoms with Gasteiger partial charge in [0.05, 0.1) is 0 Å². The molecule has 0 aromatic heterocycles. The van der Waals surface area contributed by atoms with E-state index < -0.39 is 11.6 Å². The van der Waals surface area contributed by atoms with Gasteiger partial charge in [0.15, 0.2) is 5.78 Å². The summed E-state index contributed by atoms with van der Waals surface area (Å²) in [6.45, 7) is 3.34. The molecule has 0 saturated carbocycles. The van der Waals surface area contributed by atoms with Crippen LogP contribution in [0.15, 0.2) is 30.3 Å². The van der Waals surface area contributed by atoms with Crippen LogP contribution in [0.3, 0.4) is 0 Å². The Balaban J connectivity index is 2.49. The first-order valence-corrected chi connectivity index (χ1v) is 7.06. The molecule has 1 N–H and O–H groups in total. The predicted molar refractivity (Wildman–Crippen MR) is 77.7 cm³/mol. The van der Waals surface area contributed by atoms with Crippen LogP contribution < -0.4 is 5.32 Å². The second-order valence-electron chi connectivity index (χ2n) is 4.21. The lowest BCUT2D eigenvalue weighted by Gasteiger charge is -2.25. The van der Waals surface area contributed by atoms with Gasteiger partial charge in [-0.25, -0.2) is 4.79 Å². The number of halogens is 1. The molecule has 1 atom stereocenters. The van der Waals surface area contributed by atoms with Crippen molar-refractivity contribution in [1.82, 2.24) is 5.32 Å². The first-order valence-electron chi connectivity index (χ1n) is 5.54.